The molecule has 464 valence electrons. The summed E-state index contributed by atoms with van der Waals surface area (Å²) in [6.07, 6.45) is 0.895. The molecule has 6 rings (SSSR count). The highest BCUT2D eigenvalue weighted by Crippen LogP contribution is 2.44. The Morgan fingerprint density at radius 1 is 0.494 bits per heavy atom. The molecule has 0 aliphatic carbocycles. The van der Waals surface area contributed by atoms with Crippen LogP contribution in [0.5, 0.6) is 69.0 Å². The number of nitro groups is 3. The van der Waals surface area contributed by atoms with Crippen LogP contribution in [0.1, 0.15) is 35.1 Å². The van der Waals surface area contributed by atoms with Gasteiger partial charge in [-0.15, -0.1) is 15.1 Å². The molecule has 0 radical (unpaired) electrons. The minimum absolute atomic E-state index is 0. The maximum atomic E-state index is 14.3. The molecule has 0 atom stereocenters. The van der Waals surface area contributed by atoms with Crippen molar-refractivity contribution in [3.8, 4) is 69.0 Å². The van der Waals surface area contributed by atoms with E-state index in [1.807, 2.05) is 0 Å². The summed E-state index contributed by atoms with van der Waals surface area (Å²) < 4.78 is 92.0. The molecule has 0 amide bonds. The van der Waals surface area contributed by atoms with Crippen molar-refractivity contribution in [2.45, 2.75) is 35.1 Å². The average Bonchev–Trinajstić information content (AvgIpc) is 3.67. The lowest BCUT2D eigenvalue weighted by Gasteiger charge is -2.12. The molecule has 6 aromatic rings. The predicted molar refractivity (Wildman–Crippen MR) is 305 cm³/mol. The molecule has 4 N–H and O–H groups in total. The number of benzene rings is 6. The third-order valence-electron chi connectivity index (χ3n) is 10.2. The summed E-state index contributed by atoms with van der Waals surface area (Å²) in [4.78, 5) is 42.5. The van der Waals surface area contributed by atoms with E-state index in [1.165, 1.54) is 92.2 Å². The molecule has 0 fully saturated rings. The second-order valence-corrected chi connectivity index (χ2v) is 15.8. The number of phenols is 2. The fourth-order valence-electron chi connectivity index (χ4n) is 6.33. The Morgan fingerprint density at radius 3 is 1.16 bits per heavy atom. The Labute approximate surface area is 485 Å². The highest BCUT2D eigenvalue weighted by atomic mass is 19.1. The molecular formula is C53H66F3N9O20. The topological polar surface area (TPSA) is 376 Å². The number of phenolic OH excluding ortho intramolecular Hbond substituents is 2. The zero-order chi connectivity index (χ0) is 62.5. The van der Waals surface area contributed by atoms with Gasteiger partial charge in [-0.05, 0) is 48.7 Å². The molecule has 0 bridgehead atoms. The van der Waals surface area contributed by atoms with Crippen LogP contribution in [0, 0.1) is 58.6 Å². The summed E-state index contributed by atoms with van der Waals surface area (Å²) in [5.41, 5.74) is 3.23. The first-order valence-corrected chi connectivity index (χ1v) is 23.2. The molecule has 0 aliphatic heterocycles. The molecule has 0 saturated carbocycles. The van der Waals surface area contributed by atoms with Gasteiger partial charge in [0.15, 0.2) is 57.1 Å². The van der Waals surface area contributed by atoms with E-state index >= 15 is 0 Å². The van der Waals surface area contributed by atoms with Crippen LogP contribution in [0.15, 0.2) is 105 Å². The molecule has 32 heteroatoms. The van der Waals surface area contributed by atoms with Gasteiger partial charge in [0.05, 0.1) is 97.2 Å². The number of hydrogen-bond acceptors (Lipinski definition) is 26. The molecule has 0 heterocycles. The number of nitro benzene ring substituents is 3. The third kappa shape index (κ3) is 21.3. The van der Waals surface area contributed by atoms with Crippen molar-refractivity contribution in [1.82, 2.24) is 0 Å². The minimum Gasteiger partial charge on any atom is -0.502 e. The number of nitrogen functional groups attached to an aromatic ring is 1. The predicted octanol–water partition coefficient (Wildman–Crippen LogP) is 13.8. The van der Waals surface area contributed by atoms with Crippen LogP contribution in [-0.2, 0) is 4.84 Å². The van der Waals surface area contributed by atoms with Crippen molar-refractivity contribution in [2.75, 3.05) is 83.4 Å². The Kier molecular flexibility index (Phi) is 32.7. The zero-order valence-electron chi connectivity index (χ0n) is 46.5. The van der Waals surface area contributed by atoms with Crippen molar-refractivity contribution in [2.24, 2.45) is 31.7 Å². The number of hydrogen-bond donors (Lipinski definition) is 3. The number of rotatable bonds is 21. The lowest BCUT2D eigenvalue weighted by Crippen LogP contribution is -1.97. The molecule has 85 heavy (non-hydrogen) atoms. The number of nitrogens with zero attached hydrogens (tertiary/aromatic N) is 8. The molecule has 0 aromatic heterocycles. The standard InChI is InChI=1S/C16H16FN3O6.C15H14FN3O6.C9H13NO3.C6H4FNO3.C5H11NO2.2CH4/c1-23-11-6-5-10(14(17)15(11)20(21)22)19-18-9-7-12(24-2)16(26-4)13(8-9)25-3;1-23-11-6-8(7-12(24-2)15(11)25-3)17-18-9-4-5-10(20)14(13(9)16)19(21)22;1-11-7-4-6(10)5-8(12-2)9(7)13-3;7-4-2-1-3-5(9)6(4)8(10)11;1-5(2)3-4-8-6-7;;/h5-8H,1-4H3;4-7,20H,1-3H3;4-5H,10H2,1-3H3;1-3,9H;5H,3-4H2,1-2H3;2*1H4. The van der Waals surface area contributed by atoms with E-state index in [9.17, 15) is 53.5 Å². The van der Waals surface area contributed by atoms with Gasteiger partial charge >= 0.3 is 17.1 Å². The number of nitrogens with two attached hydrogens (primary N) is 1. The fourth-order valence-corrected chi connectivity index (χ4v) is 6.33. The minimum atomic E-state index is -1.29. The van der Waals surface area contributed by atoms with Gasteiger partial charge in [0.1, 0.15) is 18.0 Å². The van der Waals surface area contributed by atoms with Crippen LogP contribution >= 0.6 is 0 Å². The largest absolute Gasteiger partial charge is 0.502 e. The molecule has 0 spiro atoms. The van der Waals surface area contributed by atoms with Crippen LogP contribution in [0.3, 0.4) is 0 Å². The summed E-state index contributed by atoms with van der Waals surface area (Å²) in [6, 6.07) is 17.0. The third-order valence-corrected chi connectivity index (χ3v) is 10.2. The summed E-state index contributed by atoms with van der Waals surface area (Å²) in [5, 5.41) is 67.4. The number of halogens is 3. The second-order valence-electron chi connectivity index (χ2n) is 15.8. The van der Waals surface area contributed by atoms with Gasteiger partial charge < -0.3 is 68.2 Å². The Hall–Kier alpha value is -10.7. The quantitative estimate of drug-likeness (QED) is 0.0150. The van der Waals surface area contributed by atoms with Crippen LogP contribution < -0.4 is 53.1 Å². The number of methoxy groups -OCH3 is 10. The van der Waals surface area contributed by atoms with Gasteiger partial charge in [-0.3, -0.25) is 30.3 Å². The Bertz CT molecular complexity index is 3130. The highest BCUT2D eigenvalue weighted by Gasteiger charge is 2.26. The van der Waals surface area contributed by atoms with Crippen LogP contribution in [0.25, 0.3) is 0 Å². The zero-order valence-corrected chi connectivity index (χ0v) is 46.5. The van der Waals surface area contributed by atoms with Crippen LogP contribution in [0.2, 0.25) is 0 Å². The van der Waals surface area contributed by atoms with E-state index < -0.39 is 66.5 Å². The highest BCUT2D eigenvalue weighted by molar-refractivity contribution is 5.64. The van der Waals surface area contributed by atoms with Crippen molar-refractivity contribution in [1.29, 1.82) is 0 Å². The van der Waals surface area contributed by atoms with E-state index in [2.05, 4.69) is 44.5 Å². The summed E-state index contributed by atoms with van der Waals surface area (Å²) in [6.45, 7) is 4.57. The molecule has 0 unspecified atom stereocenters. The molecule has 0 aliphatic rings. The lowest BCUT2D eigenvalue weighted by atomic mass is 10.1. The van der Waals surface area contributed by atoms with Crippen LogP contribution in [0.4, 0.5) is 58.7 Å². The number of ether oxygens (including phenoxy) is 10. The van der Waals surface area contributed by atoms with Crippen molar-refractivity contribution in [3.05, 3.63) is 132 Å². The molecule has 6 aromatic carbocycles. The molecule has 29 nitrogen and oxygen atoms in total. The summed E-state index contributed by atoms with van der Waals surface area (Å²) >= 11 is 0. The van der Waals surface area contributed by atoms with Gasteiger partial charge in [-0.1, -0.05) is 34.8 Å². The van der Waals surface area contributed by atoms with Gasteiger partial charge in [0.2, 0.25) is 34.7 Å². The van der Waals surface area contributed by atoms with Crippen molar-refractivity contribution < 1.29 is 90.4 Å². The van der Waals surface area contributed by atoms with Gasteiger partial charge in [-0.25, -0.2) is 0 Å². The second kappa shape index (κ2) is 37.3. The molecular weight excluding hydrogens is 1140 g/mol. The van der Waals surface area contributed by atoms with Gasteiger partial charge in [0, 0.05) is 42.1 Å². The van der Waals surface area contributed by atoms with Crippen molar-refractivity contribution in [3.63, 3.8) is 0 Å². The van der Waals surface area contributed by atoms with Crippen molar-refractivity contribution >= 4 is 45.5 Å². The first-order chi connectivity index (χ1) is 39.5. The maximum absolute atomic E-state index is 14.3. The van der Waals surface area contributed by atoms with E-state index in [4.69, 9.17) is 58.2 Å². The lowest BCUT2D eigenvalue weighted by molar-refractivity contribution is -0.388. The first-order valence-electron chi connectivity index (χ1n) is 23.2. The Morgan fingerprint density at radius 2 is 0.847 bits per heavy atom. The van der Waals surface area contributed by atoms with Gasteiger partial charge in [-0.2, -0.15) is 23.4 Å². The number of para-hydroxylation sites is 1. The average molecular weight is 1210 g/mol. The van der Waals surface area contributed by atoms with E-state index in [1.54, 1.807) is 33.5 Å². The van der Waals surface area contributed by atoms with E-state index in [-0.39, 0.29) is 37.7 Å². The monoisotopic (exact) mass is 1210 g/mol. The maximum Gasteiger partial charge on any atom is 0.348 e. The van der Waals surface area contributed by atoms with Gasteiger partial charge in [0.25, 0.3) is 0 Å². The summed E-state index contributed by atoms with van der Waals surface area (Å²) in [7, 11) is 14.5. The van der Waals surface area contributed by atoms with E-state index in [0.29, 0.717) is 70.0 Å². The number of anilines is 1. The Balaban J connectivity index is 0.00000110. The number of azo groups is 2. The molecule has 0 saturated heterocycles. The number of aromatic hydroxyl groups is 2. The normalized spacial score (nSPS) is 9.98. The first kappa shape index (κ1) is 74.3. The fraction of sp³-hybridized carbons (Fsp3) is 0.321. The SMILES string of the molecule is C.C.CC(C)CCON=O.COc1cc(N)cc(OC)c1OC.COc1cc(N=Nc2ccc(O)c([N+](=O)[O-])c2F)cc(OC)c1OC.COc1cc(N=Nc2ccc(OC)c([N+](=O)[O-])c2F)cc(OC)c1OC.O=[N+]([O-])c1c(O)cccc1F. The smallest absolute Gasteiger partial charge is 0.348 e. The van der Waals surface area contributed by atoms with Crippen LogP contribution in [-0.4, -0.2) is 103 Å². The van der Waals surface area contributed by atoms with E-state index in [0.717, 1.165) is 30.7 Å². The summed E-state index contributed by atoms with van der Waals surface area (Å²) in [5.74, 6) is -0.861.